The second-order valence-electron chi connectivity index (χ2n) is 6.60. The molecule has 3 aromatic rings. The van der Waals surface area contributed by atoms with Crippen molar-refractivity contribution in [2.75, 3.05) is 26.2 Å². The molecule has 1 fully saturated rings. The lowest BCUT2D eigenvalue weighted by Crippen LogP contribution is -2.47. The molecular weight excluding hydrogens is 320 g/mol. The SMILES string of the molecule is Cc1noc(C)c1CN1CCN(Cn2c(=O)oc3ccccc32)CC1. The van der Waals surface area contributed by atoms with E-state index in [-0.39, 0.29) is 5.76 Å². The van der Waals surface area contributed by atoms with Crippen molar-refractivity contribution < 1.29 is 8.94 Å². The average molecular weight is 342 g/mol. The highest BCUT2D eigenvalue weighted by atomic mass is 16.5. The van der Waals surface area contributed by atoms with Crippen LogP contribution in [0.25, 0.3) is 11.1 Å². The summed E-state index contributed by atoms with van der Waals surface area (Å²) in [5.41, 5.74) is 3.65. The second kappa shape index (κ2) is 6.50. The zero-order valence-electron chi connectivity index (χ0n) is 14.6. The van der Waals surface area contributed by atoms with Crippen molar-refractivity contribution in [3.8, 4) is 0 Å². The molecule has 0 spiro atoms. The van der Waals surface area contributed by atoms with Crippen LogP contribution in [0, 0.1) is 13.8 Å². The zero-order chi connectivity index (χ0) is 17.4. The number of piperazine rings is 1. The molecule has 0 radical (unpaired) electrons. The third kappa shape index (κ3) is 3.12. The molecule has 1 aliphatic rings. The molecule has 0 atom stereocenters. The molecule has 25 heavy (non-hydrogen) atoms. The number of aryl methyl sites for hydroxylation is 2. The lowest BCUT2D eigenvalue weighted by molar-refractivity contribution is 0.101. The molecule has 0 aliphatic carbocycles. The fourth-order valence-corrected chi connectivity index (χ4v) is 3.39. The number of hydrogen-bond acceptors (Lipinski definition) is 6. The standard InChI is InChI=1S/C18H22N4O3/c1-13-15(14(2)25-19-13)11-20-7-9-21(10-8-20)12-22-16-5-3-4-6-17(16)24-18(22)23/h3-6H,7-12H2,1-2H3. The van der Waals surface area contributed by atoms with Gasteiger partial charge in [0.15, 0.2) is 5.58 Å². The molecular formula is C18H22N4O3. The molecule has 0 amide bonds. The molecule has 0 saturated carbocycles. The smallest absolute Gasteiger partial charge is 0.408 e. The highest BCUT2D eigenvalue weighted by Gasteiger charge is 2.21. The van der Waals surface area contributed by atoms with Crippen LogP contribution in [0.15, 0.2) is 38.0 Å². The molecule has 0 unspecified atom stereocenters. The van der Waals surface area contributed by atoms with Gasteiger partial charge in [0.2, 0.25) is 0 Å². The van der Waals surface area contributed by atoms with E-state index in [9.17, 15) is 4.79 Å². The molecule has 1 aromatic carbocycles. The van der Waals surface area contributed by atoms with Gasteiger partial charge in [0, 0.05) is 38.3 Å². The summed E-state index contributed by atoms with van der Waals surface area (Å²) in [5, 5.41) is 4.02. The van der Waals surface area contributed by atoms with Crippen LogP contribution in [-0.2, 0) is 13.2 Å². The van der Waals surface area contributed by atoms with Crippen LogP contribution in [0.2, 0.25) is 0 Å². The maximum absolute atomic E-state index is 12.1. The monoisotopic (exact) mass is 342 g/mol. The van der Waals surface area contributed by atoms with Crippen molar-refractivity contribution in [1.82, 2.24) is 19.5 Å². The lowest BCUT2D eigenvalue weighted by Gasteiger charge is -2.34. The number of oxazole rings is 1. The van der Waals surface area contributed by atoms with Gasteiger partial charge in [-0.25, -0.2) is 4.79 Å². The number of para-hydroxylation sites is 2. The number of aromatic nitrogens is 2. The molecule has 1 saturated heterocycles. The van der Waals surface area contributed by atoms with Gasteiger partial charge in [-0.3, -0.25) is 14.4 Å². The summed E-state index contributed by atoms with van der Waals surface area (Å²) in [4.78, 5) is 16.8. The Balaban J connectivity index is 1.40. The molecule has 0 bridgehead atoms. The minimum atomic E-state index is -0.292. The van der Waals surface area contributed by atoms with Crippen molar-refractivity contribution in [2.24, 2.45) is 0 Å². The fraction of sp³-hybridized carbons (Fsp3) is 0.444. The van der Waals surface area contributed by atoms with Gasteiger partial charge in [0.05, 0.1) is 17.9 Å². The first kappa shape index (κ1) is 16.1. The largest absolute Gasteiger partial charge is 0.421 e. The normalized spacial score (nSPS) is 16.7. The number of fused-ring (bicyclic) bond motifs is 1. The maximum atomic E-state index is 12.1. The maximum Gasteiger partial charge on any atom is 0.421 e. The molecule has 7 heteroatoms. The first-order valence-electron chi connectivity index (χ1n) is 8.56. The van der Waals surface area contributed by atoms with Crippen LogP contribution in [0.4, 0.5) is 0 Å². The second-order valence-corrected chi connectivity index (χ2v) is 6.60. The topological polar surface area (TPSA) is 67.7 Å². The summed E-state index contributed by atoms with van der Waals surface area (Å²) in [6, 6.07) is 7.56. The Hall–Kier alpha value is -2.38. The Kier molecular flexibility index (Phi) is 4.19. The van der Waals surface area contributed by atoms with E-state index in [1.807, 2.05) is 38.1 Å². The average Bonchev–Trinajstić information content (AvgIpc) is 3.10. The van der Waals surface area contributed by atoms with Gasteiger partial charge < -0.3 is 8.94 Å². The third-order valence-electron chi connectivity index (χ3n) is 4.94. The number of benzene rings is 1. The molecule has 4 rings (SSSR count). The third-order valence-corrected chi connectivity index (χ3v) is 4.94. The van der Waals surface area contributed by atoms with Crippen molar-refractivity contribution in [1.29, 1.82) is 0 Å². The molecule has 3 heterocycles. The number of nitrogens with zero attached hydrogens (tertiary/aromatic N) is 4. The van der Waals surface area contributed by atoms with Crippen molar-refractivity contribution in [2.45, 2.75) is 27.1 Å². The van der Waals surface area contributed by atoms with Gasteiger partial charge >= 0.3 is 5.76 Å². The van der Waals surface area contributed by atoms with Crippen LogP contribution in [0.5, 0.6) is 0 Å². The van der Waals surface area contributed by atoms with E-state index in [0.29, 0.717) is 12.3 Å². The zero-order valence-corrected chi connectivity index (χ0v) is 14.6. The predicted molar refractivity (Wildman–Crippen MR) is 93.3 cm³/mol. The summed E-state index contributed by atoms with van der Waals surface area (Å²) in [5.74, 6) is 0.607. The highest BCUT2D eigenvalue weighted by Crippen LogP contribution is 2.17. The predicted octanol–water partition coefficient (Wildman–Crippen LogP) is 1.97. The number of hydrogen-bond donors (Lipinski definition) is 0. The van der Waals surface area contributed by atoms with Crippen LogP contribution in [0.1, 0.15) is 17.0 Å². The van der Waals surface area contributed by atoms with Gasteiger partial charge in [0.25, 0.3) is 0 Å². The molecule has 2 aromatic heterocycles. The quantitative estimate of drug-likeness (QED) is 0.722. The van der Waals surface area contributed by atoms with Crippen LogP contribution >= 0.6 is 0 Å². The van der Waals surface area contributed by atoms with E-state index in [2.05, 4.69) is 15.0 Å². The highest BCUT2D eigenvalue weighted by molar-refractivity contribution is 5.72. The van der Waals surface area contributed by atoms with Crippen molar-refractivity contribution in [3.05, 3.63) is 51.8 Å². The molecule has 132 valence electrons. The van der Waals surface area contributed by atoms with E-state index in [4.69, 9.17) is 8.94 Å². The first-order chi connectivity index (χ1) is 12.1. The summed E-state index contributed by atoms with van der Waals surface area (Å²) >= 11 is 0. The van der Waals surface area contributed by atoms with Gasteiger partial charge in [-0.1, -0.05) is 17.3 Å². The van der Waals surface area contributed by atoms with E-state index in [1.54, 1.807) is 4.57 Å². The lowest BCUT2D eigenvalue weighted by atomic mass is 10.2. The Morgan fingerprint density at radius 3 is 2.52 bits per heavy atom. The minimum absolute atomic E-state index is 0.292. The molecule has 1 aliphatic heterocycles. The Labute approximate surface area is 145 Å². The minimum Gasteiger partial charge on any atom is -0.408 e. The van der Waals surface area contributed by atoms with E-state index < -0.39 is 0 Å². The number of rotatable bonds is 4. The van der Waals surface area contributed by atoms with E-state index in [1.165, 1.54) is 5.56 Å². The Bertz CT molecular complexity index is 912. The molecule has 7 nitrogen and oxygen atoms in total. The van der Waals surface area contributed by atoms with E-state index in [0.717, 1.165) is 49.7 Å². The fourth-order valence-electron chi connectivity index (χ4n) is 3.39. The van der Waals surface area contributed by atoms with E-state index >= 15 is 0 Å². The van der Waals surface area contributed by atoms with Crippen LogP contribution in [-0.4, -0.2) is 45.7 Å². The Morgan fingerprint density at radius 2 is 1.80 bits per heavy atom. The van der Waals surface area contributed by atoms with Gasteiger partial charge in [-0.15, -0.1) is 0 Å². The summed E-state index contributed by atoms with van der Waals surface area (Å²) in [7, 11) is 0. The molecule has 0 N–H and O–H groups in total. The van der Waals surface area contributed by atoms with Crippen molar-refractivity contribution in [3.63, 3.8) is 0 Å². The summed E-state index contributed by atoms with van der Waals surface area (Å²) in [6.45, 7) is 9.10. The first-order valence-corrected chi connectivity index (χ1v) is 8.56. The van der Waals surface area contributed by atoms with Crippen LogP contribution in [0.3, 0.4) is 0 Å². The van der Waals surface area contributed by atoms with Gasteiger partial charge in [-0.05, 0) is 26.0 Å². The van der Waals surface area contributed by atoms with Gasteiger partial charge in [0.1, 0.15) is 5.76 Å². The summed E-state index contributed by atoms with van der Waals surface area (Å²) in [6.07, 6.45) is 0. The van der Waals surface area contributed by atoms with Crippen molar-refractivity contribution >= 4 is 11.1 Å². The van der Waals surface area contributed by atoms with Gasteiger partial charge in [-0.2, -0.15) is 0 Å². The van der Waals surface area contributed by atoms with Crippen LogP contribution < -0.4 is 5.76 Å². The summed E-state index contributed by atoms with van der Waals surface area (Å²) < 4.78 is 12.3. The Morgan fingerprint density at radius 1 is 1.08 bits per heavy atom.